The Labute approximate surface area is 188 Å². The van der Waals surface area contributed by atoms with E-state index in [1.807, 2.05) is 0 Å². The van der Waals surface area contributed by atoms with Gasteiger partial charge in [-0.2, -0.15) is 0 Å². The summed E-state index contributed by atoms with van der Waals surface area (Å²) >= 11 is 0. The Kier molecular flexibility index (Phi) is 6.13. The predicted octanol–water partition coefficient (Wildman–Crippen LogP) is 2.51. The summed E-state index contributed by atoms with van der Waals surface area (Å²) in [5.74, 6) is -0.681. The van der Waals surface area contributed by atoms with Gasteiger partial charge < -0.3 is 20.1 Å². The van der Waals surface area contributed by atoms with E-state index in [0.29, 0.717) is 18.0 Å². The Morgan fingerprint density at radius 3 is 2.50 bits per heavy atom. The molecule has 0 saturated carbocycles. The van der Waals surface area contributed by atoms with Gasteiger partial charge in [0.2, 0.25) is 0 Å². The Morgan fingerprint density at radius 2 is 1.81 bits per heavy atom. The fourth-order valence-electron chi connectivity index (χ4n) is 4.95. The second-order valence-corrected chi connectivity index (χ2v) is 9.02. The molecule has 2 heterocycles. The molecule has 0 radical (unpaired) electrons. The first-order valence-corrected chi connectivity index (χ1v) is 11.5. The molecule has 0 bridgehead atoms. The Hall–Kier alpha value is -2.48. The van der Waals surface area contributed by atoms with E-state index in [4.69, 9.17) is 4.74 Å². The molecule has 2 fully saturated rings. The van der Waals surface area contributed by atoms with Gasteiger partial charge in [0.1, 0.15) is 5.82 Å². The van der Waals surface area contributed by atoms with Crippen molar-refractivity contribution in [3.63, 3.8) is 0 Å². The molecule has 2 aromatic rings. The molecule has 1 amide bonds. The third-order valence-corrected chi connectivity index (χ3v) is 7.00. The quantitative estimate of drug-likeness (QED) is 0.717. The van der Waals surface area contributed by atoms with Crippen LogP contribution in [0.4, 0.5) is 10.1 Å². The largest absolute Gasteiger partial charge is 0.391 e. The summed E-state index contributed by atoms with van der Waals surface area (Å²) in [4.78, 5) is 17.7. The summed E-state index contributed by atoms with van der Waals surface area (Å²) in [5, 5.41) is 13.9. The molecule has 2 unspecified atom stereocenters. The molecule has 2 aliphatic heterocycles. The van der Waals surface area contributed by atoms with E-state index in [1.54, 1.807) is 0 Å². The van der Waals surface area contributed by atoms with E-state index in [0.717, 1.165) is 63.5 Å². The number of anilines is 1. The summed E-state index contributed by atoms with van der Waals surface area (Å²) in [6.45, 7) is 5.60. The van der Waals surface area contributed by atoms with Gasteiger partial charge in [-0.15, -0.1) is 0 Å². The average Bonchev–Trinajstić information content (AvgIpc) is 2.92. The van der Waals surface area contributed by atoms with Gasteiger partial charge in [-0.3, -0.25) is 9.69 Å². The summed E-state index contributed by atoms with van der Waals surface area (Å²) in [6, 6.07) is 12.0. The number of carbonyl (C=O) groups is 1. The lowest BCUT2D eigenvalue weighted by Gasteiger charge is -2.43. The third kappa shape index (κ3) is 4.37. The minimum atomic E-state index is -0.661. The third-order valence-electron chi connectivity index (χ3n) is 7.00. The smallest absolute Gasteiger partial charge is 0.251 e. The standard InChI is InChI=1S/C25H30FN3O3/c26-19-7-4-18(5-8-19)25(31)27-24-22-14-20(9-6-17(22)2-1-3-23(24)30)28-10-12-29(13-11-28)21-15-32-16-21/h4-9,14,21,23-24,30H,1-3,10-13,15-16H2,(H,27,31). The minimum absolute atomic E-state index is 0.302. The number of aryl methyl sites for hydroxylation is 1. The molecule has 2 saturated heterocycles. The maximum atomic E-state index is 13.2. The van der Waals surface area contributed by atoms with Crippen molar-refractivity contribution < 1.29 is 19.0 Å². The Balaban J connectivity index is 1.35. The van der Waals surface area contributed by atoms with E-state index in [9.17, 15) is 14.3 Å². The summed E-state index contributed by atoms with van der Waals surface area (Å²) in [6.07, 6.45) is 1.72. The number of halogens is 1. The molecule has 2 aromatic carbocycles. The number of piperazine rings is 1. The zero-order valence-electron chi connectivity index (χ0n) is 18.2. The Bertz CT molecular complexity index is 955. The summed E-state index contributed by atoms with van der Waals surface area (Å²) in [5.41, 5.74) is 3.66. The van der Waals surface area contributed by atoms with E-state index < -0.39 is 12.1 Å². The molecule has 5 rings (SSSR count). The van der Waals surface area contributed by atoms with Gasteiger partial charge in [0, 0.05) is 37.4 Å². The number of aliphatic hydroxyl groups is 1. The number of hydrogen-bond donors (Lipinski definition) is 2. The van der Waals surface area contributed by atoms with Gasteiger partial charge in [0.05, 0.1) is 31.4 Å². The molecule has 1 aliphatic carbocycles. The molecule has 2 N–H and O–H groups in total. The highest BCUT2D eigenvalue weighted by molar-refractivity contribution is 5.94. The van der Waals surface area contributed by atoms with Crippen LogP contribution in [-0.2, 0) is 11.2 Å². The van der Waals surface area contributed by atoms with Crippen molar-refractivity contribution in [1.29, 1.82) is 0 Å². The second-order valence-electron chi connectivity index (χ2n) is 9.02. The lowest BCUT2D eigenvalue weighted by atomic mass is 9.96. The lowest BCUT2D eigenvalue weighted by Crippen LogP contribution is -2.56. The van der Waals surface area contributed by atoms with Gasteiger partial charge in [-0.1, -0.05) is 6.07 Å². The number of hydrogen-bond acceptors (Lipinski definition) is 5. The molecule has 0 aromatic heterocycles. The molecular formula is C25H30FN3O3. The lowest BCUT2D eigenvalue weighted by molar-refractivity contribution is -0.0660. The van der Waals surface area contributed by atoms with Crippen LogP contribution in [0.25, 0.3) is 0 Å². The summed E-state index contributed by atoms with van der Waals surface area (Å²) < 4.78 is 18.6. The van der Waals surface area contributed by atoms with E-state index >= 15 is 0 Å². The van der Waals surface area contributed by atoms with Crippen LogP contribution in [0, 0.1) is 5.82 Å². The topological polar surface area (TPSA) is 65.0 Å². The van der Waals surface area contributed by atoms with Crippen LogP contribution in [0.5, 0.6) is 0 Å². The van der Waals surface area contributed by atoms with E-state index in [1.165, 1.54) is 29.8 Å². The number of benzene rings is 2. The normalized spacial score (nSPS) is 24.4. The molecule has 6 nitrogen and oxygen atoms in total. The number of fused-ring (bicyclic) bond motifs is 1. The van der Waals surface area contributed by atoms with Gasteiger partial charge in [-0.05, 0) is 66.8 Å². The Morgan fingerprint density at radius 1 is 1.06 bits per heavy atom. The average molecular weight is 440 g/mol. The number of aliphatic hydroxyl groups excluding tert-OH is 1. The maximum Gasteiger partial charge on any atom is 0.251 e. The molecule has 170 valence electrons. The monoisotopic (exact) mass is 439 g/mol. The van der Waals surface area contributed by atoms with Gasteiger partial charge in [0.25, 0.3) is 5.91 Å². The number of amides is 1. The van der Waals surface area contributed by atoms with Crippen molar-refractivity contribution in [2.45, 2.75) is 37.5 Å². The molecular weight excluding hydrogens is 409 g/mol. The van der Waals surface area contributed by atoms with Crippen molar-refractivity contribution >= 4 is 11.6 Å². The summed E-state index contributed by atoms with van der Waals surface area (Å²) in [7, 11) is 0. The predicted molar refractivity (Wildman–Crippen MR) is 120 cm³/mol. The first-order valence-electron chi connectivity index (χ1n) is 11.5. The highest BCUT2D eigenvalue weighted by atomic mass is 19.1. The number of nitrogens with one attached hydrogen (secondary N) is 1. The van der Waals surface area contributed by atoms with Crippen molar-refractivity contribution in [1.82, 2.24) is 10.2 Å². The zero-order valence-corrected chi connectivity index (χ0v) is 18.2. The number of ether oxygens (including phenoxy) is 1. The van der Waals surface area contributed by atoms with Gasteiger partial charge >= 0.3 is 0 Å². The minimum Gasteiger partial charge on any atom is -0.391 e. The molecule has 7 heteroatoms. The van der Waals surface area contributed by atoms with Crippen molar-refractivity contribution in [3.8, 4) is 0 Å². The van der Waals surface area contributed by atoms with Crippen LogP contribution in [0.2, 0.25) is 0 Å². The van der Waals surface area contributed by atoms with E-state index in [-0.39, 0.29) is 11.7 Å². The van der Waals surface area contributed by atoms with Crippen LogP contribution < -0.4 is 10.2 Å². The van der Waals surface area contributed by atoms with Crippen LogP contribution in [0.3, 0.4) is 0 Å². The zero-order chi connectivity index (χ0) is 22.1. The fraction of sp³-hybridized carbons (Fsp3) is 0.480. The van der Waals surface area contributed by atoms with Crippen molar-refractivity contribution in [3.05, 3.63) is 65.0 Å². The van der Waals surface area contributed by atoms with Crippen molar-refractivity contribution in [2.75, 3.05) is 44.3 Å². The second kappa shape index (κ2) is 9.17. The molecule has 2 atom stereocenters. The van der Waals surface area contributed by atoms with Gasteiger partial charge in [0.15, 0.2) is 0 Å². The van der Waals surface area contributed by atoms with Crippen LogP contribution >= 0.6 is 0 Å². The van der Waals surface area contributed by atoms with E-state index in [2.05, 4.69) is 33.3 Å². The van der Waals surface area contributed by atoms with Gasteiger partial charge in [-0.25, -0.2) is 4.39 Å². The molecule has 32 heavy (non-hydrogen) atoms. The SMILES string of the molecule is O=C(NC1c2cc(N3CCN(C4COC4)CC3)ccc2CCCC1O)c1ccc(F)cc1. The number of nitrogens with zero attached hydrogens (tertiary/aromatic N) is 2. The highest BCUT2D eigenvalue weighted by Gasteiger charge is 2.31. The molecule has 0 spiro atoms. The highest BCUT2D eigenvalue weighted by Crippen LogP contribution is 2.33. The van der Waals surface area contributed by atoms with Crippen LogP contribution in [0.1, 0.15) is 40.4 Å². The maximum absolute atomic E-state index is 13.2. The number of carbonyl (C=O) groups excluding carboxylic acids is 1. The van der Waals surface area contributed by atoms with Crippen molar-refractivity contribution in [2.24, 2.45) is 0 Å². The fourth-order valence-corrected chi connectivity index (χ4v) is 4.95. The van der Waals surface area contributed by atoms with Crippen LogP contribution in [0.15, 0.2) is 42.5 Å². The number of rotatable bonds is 4. The molecule has 3 aliphatic rings. The first kappa shape index (κ1) is 21.4. The first-order chi connectivity index (χ1) is 15.6. The van der Waals surface area contributed by atoms with Crippen LogP contribution in [-0.4, -0.2) is 67.5 Å².